The van der Waals surface area contributed by atoms with Crippen molar-refractivity contribution < 1.29 is 51.6 Å². The molecule has 12 aromatic rings. The third kappa shape index (κ3) is 6.80. The molecule has 0 amide bonds. The molecule has 0 aliphatic rings. The normalized spacial score (nSPS) is 11.4. The number of hydrogen-bond donors (Lipinski definition) is 0. The van der Waals surface area contributed by atoms with E-state index in [0.717, 1.165) is 88.2 Å². The fourth-order valence-corrected chi connectivity index (χ4v) is 8.32. The standard InChI is InChI=1S/C52H31N7O2.2Pt/c1-32-12-22-50(55-30-32)57-44-10-5-3-8-38(44)40-18-14-34(26-46(40)57)60-36-16-20-42-43-21-17-37(29-49(43)59(48(42)28-36)52-53-24-7-25-54-52)61-35-15-19-41-39-9-4-6-11-45(39)58(47(41)27-35)51-23-13-33(2)31-56-51;;/h3-25,30-31H,1-2H3;;/q-4;2*+2. The Hall–Kier alpha value is -6.92. The number of aryl methyl sites for hydroxylation is 2. The van der Waals surface area contributed by atoms with Crippen LogP contribution in [0, 0.1) is 38.1 Å². The molecule has 0 saturated heterocycles. The van der Waals surface area contributed by atoms with Crippen LogP contribution in [0.25, 0.3) is 83.0 Å². The SMILES string of the molecule is Cc1ccc(-n2c3[c-]c(Oc4[c-]c5c(cc4)c4ccc(Oc6[c-]c7c(cc6)c6ccccc6n7-c6ccc(C)cn6)[c-]c4n5-c4ncccn4)ccc3c3ccccc32)nc1.[Pt+2].[Pt+2]. The van der Waals surface area contributed by atoms with E-state index in [1.165, 1.54) is 0 Å². The Balaban J connectivity index is 0.00000236. The van der Waals surface area contributed by atoms with Crippen LogP contribution >= 0.6 is 0 Å². The molecule has 6 heterocycles. The molecule has 0 unspecified atom stereocenters. The van der Waals surface area contributed by atoms with Crippen molar-refractivity contribution in [2.75, 3.05) is 0 Å². The van der Waals surface area contributed by atoms with Crippen molar-refractivity contribution >= 4 is 65.4 Å². The molecule has 0 bridgehead atoms. The monoisotopic (exact) mass is 1180 g/mol. The Morgan fingerprint density at radius 3 is 1.16 bits per heavy atom. The van der Waals surface area contributed by atoms with Gasteiger partial charge in [0.25, 0.3) is 0 Å². The van der Waals surface area contributed by atoms with Crippen LogP contribution in [0.3, 0.4) is 0 Å². The molecule has 63 heavy (non-hydrogen) atoms. The Morgan fingerprint density at radius 2 is 0.762 bits per heavy atom. The molecular formula is C52H31N7O2Pt2. The van der Waals surface area contributed by atoms with Crippen LogP contribution in [0.5, 0.6) is 23.0 Å². The maximum atomic E-state index is 6.55. The average molecular weight is 1180 g/mol. The van der Waals surface area contributed by atoms with Gasteiger partial charge < -0.3 is 23.2 Å². The van der Waals surface area contributed by atoms with E-state index in [1.54, 1.807) is 18.5 Å². The molecule has 0 radical (unpaired) electrons. The van der Waals surface area contributed by atoms with Crippen molar-refractivity contribution in [2.45, 2.75) is 13.8 Å². The van der Waals surface area contributed by atoms with Gasteiger partial charge >= 0.3 is 42.1 Å². The molecule has 306 valence electrons. The Morgan fingerprint density at radius 1 is 0.381 bits per heavy atom. The Kier molecular flexibility index (Phi) is 10.3. The first-order valence-electron chi connectivity index (χ1n) is 19.9. The minimum atomic E-state index is 0. The molecular weight excluding hydrogens is 1140 g/mol. The largest absolute Gasteiger partial charge is 2.00 e. The van der Waals surface area contributed by atoms with Gasteiger partial charge in [-0.2, -0.15) is 35.0 Å². The summed E-state index contributed by atoms with van der Waals surface area (Å²) in [6, 6.07) is 56.7. The van der Waals surface area contributed by atoms with Crippen LogP contribution in [0.4, 0.5) is 0 Å². The van der Waals surface area contributed by atoms with E-state index in [-0.39, 0.29) is 42.1 Å². The van der Waals surface area contributed by atoms with Crippen molar-refractivity contribution in [3.8, 4) is 40.6 Å². The molecule has 0 fully saturated rings. The van der Waals surface area contributed by atoms with Crippen molar-refractivity contribution in [3.63, 3.8) is 0 Å². The van der Waals surface area contributed by atoms with Crippen LogP contribution in [-0.4, -0.2) is 33.6 Å². The summed E-state index contributed by atoms with van der Waals surface area (Å²) in [6.45, 7) is 4.07. The van der Waals surface area contributed by atoms with Crippen molar-refractivity contribution in [2.24, 2.45) is 0 Å². The van der Waals surface area contributed by atoms with Gasteiger partial charge in [-0.1, -0.05) is 70.6 Å². The molecule has 9 nitrogen and oxygen atoms in total. The molecule has 6 aromatic heterocycles. The van der Waals surface area contributed by atoms with Crippen molar-refractivity contribution in [3.05, 3.63) is 188 Å². The maximum Gasteiger partial charge on any atom is 2.00 e. The second-order valence-corrected chi connectivity index (χ2v) is 15.0. The molecule has 11 heteroatoms. The average Bonchev–Trinajstić information content (AvgIpc) is 3.92. The summed E-state index contributed by atoms with van der Waals surface area (Å²) in [7, 11) is 0. The summed E-state index contributed by atoms with van der Waals surface area (Å²) in [6.07, 6.45) is 7.20. The molecule has 0 aliphatic heterocycles. The second-order valence-electron chi connectivity index (χ2n) is 15.0. The number of fused-ring (bicyclic) bond motifs is 9. The van der Waals surface area contributed by atoms with Gasteiger partial charge in [-0.15, -0.1) is 59.3 Å². The van der Waals surface area contributed by atoms with E-state index < -0.39 is 0 Å². The van der Waals surface area contributed by atoms with Gasteiger partial charge in [0.15, 0.2) is 0 Å². The summed E-state index contributed by atoms with van der Waals surface area (Å²) in [4.78, 5) is 18.8. The topological polar surface area (TPSA) is 84.8 Å². The number of benzene rings is 6. The van der Waals surface area contributed by atoms with Crippen LogP contribution in [0.1, 0.15) is 11.1 Å². The number of ether oxygens (including phenoxy) is 2. The quantitative estimate of drug-likeness (QED) is 0.148. The van der Waals surface area contributed by atoms with Crippen molar-refractivity contribution in [1.29, 1.82) is 0 Å². The van der Waals surface area contributed by atoms with Gasteiger partial charge in [0.1, 0.15) is 11.6 Å². The van der Waals surface area contributed by atoms with E-state index in [2.05, 4.69) is 91.9 Å². The van der Waals surface area contributed by atoms with E-state index in [4.69, 9.17) is 19.4 Å². The van der Waals surface area contributed by atoms with Crippen molar-refractivity contribution in [1.82, 2.24) is 33.6 Å². The number of rotatable bonds is 7. The molecule has 0 N–H and O–H groups in total. The molecule has 0 spiro atoms. The van der Waals surface area contributed by atoms with Crippen LogP contribution in [-0.2, 0) is 42.1 Å². The molecule has 0 saturated carbocycles. The van der Waals surface area contributed by atoms with Gasteiger partial charge in [-0.05, 0) is 66.1 Å². The first kappa shape index (κ1) is 40.2. The van der Waals surface area contributed by atoms with E-state index in [0.29, 0.717) is 28.9 Å². The first-order valence-corrected chi connectivity index (χ1v) is 19.9. The zero-order chi connectivity index (χ0) is 40.6. The number of pyridine rings is 2. The van der Waals surface area contributed by atoms with E-state index >= 15 is 0 Å². The predicted octanol–water partition coefficient (Wildman–Crippen LogP) is 12.0. The van der Waals surface area contributed by atoms with Gasteiger partial charge in [-0.25, -0.2) is 19.9 Å². The Labute approximate surface area is 390 Å². The number of nitrogens with zero attached hydrogens (tertiary/aromatic N) is 7. The summed E-state index contributed by atoms with van der Waals surface area (Å²) >= 11 is 0. The van der Waals surface area contributed by atoms with Gasteiger partial charge in [-0.3, -0.25) is 0 Å². The third-order valence-corrected chi connectivity index (χ3v) is 11.1. The smallest absolute Gasteiger partial charge is 0.509 e. The maximum absolute atomic E-state index is 6.55. The van der Waals surface area contributed by atoms with E-state index in [9.17, 15) is 0 Å². The molecule has 12 rings (SSSR count). The fourth-order valence-electron chi connectivity index (χ4n) is 8.32. The van der Waals surface area contributed by atoms with Gasteiger partial charge in [0.2, 0.25) is 5.95 Å². The summed E-state index contributed by atoms with van der Waals surface area (Å²) < 4.78 is 19.3. The zero-order valence-corrected chi connectivity index (χ0v) is 38.1. The van der Waals surface area contributed by atoms with Crippen LogP contribution < -0.4 is 9.47 Å². The van der Waals surface area contributed by atoms with Crippen LogP contribution in [0.2, 0.25) is 0 Å². The van der Waals surface area contributed by atoms with Crippen LogP contribution in [0.15, 0.2) is 152 Å². The number of aromatic nitrogens is 7. The number of hydrogen-bond acceptors (Lipinski definition) is 6. The molecule has 0 aliphatic carbocycles. The minimum absolute atomic E-state index is 0. The number of para-hydroxylation sites is 2. The van der Waals surface area contributed by atoms with Gasteiger partial charge in [0, 0.05) is 58.8 Å². The molecule has 6 aromatic carbocycles. The second kappa shape index (κ2) is 16.1. The van der Waals surface area contributed by atoms with Gasteiger partial charge in [0.05, 0.1) is 0 Å². The summed E-state index contributed by atoms with van der Waals surface area (Å²) in [5.41, 5.74) is 7.48. The predicted molar refractivity (Wildman–Crippen MR) is 238 cm³/mol. The fraction of sp³-hybridized carbons (Fsp3) is 0.0385. The zero-order valence-electron chi connectivity index (χ0n) is 33.5. The van der Waals surface area contributed by atoms with E-state index in [1.807, 2.05) is 104 Å². The first-order chi connectivity index (χ1) is 30.0. The Bertz CT molecular complexity index is 3450. The summed E-state index contributed by atoms with van der Waals surface area (Å²) in [5, 5.41) is 6.22. The summed E-state index contributed by atoms with van der Waals surface area (Å²) in [5.74, 6) is 4.21. The third-order valence-electron chi connectivity index (χ3n) is 11.1. The minimum Gasteiger partial charge on any atom is -0.509 e. The molecule has 0 atom stereocenters.